The molecule has 1 amide bonds. The lowest BCUT2D eigenvalue weighted by Gasteiger charge is -2.32. The van der Waals surface area contributed by atoms with Crippen LogP contribution in [-0.2, 0) is 11.2 Å². The number of benzene rings is 1. The van der Waals surface area contributed by atoms with Crippen LogP contribution in [0.3, 0.4) is 0 Å². The van der Waals surface area contributed by atoms with E-state index >= 15 is 0 Å². The van der Waals surface area contributed by atoms with Gasteiger partial charge in [0, 0.05) is 49.5 Å². The van der Waals surface area contributed by atoms with Crippen molar-refractivity contribution >= 4 is 5.91 Å². The van der Waals surface area contributed by atoms with Gasteiger partial charge in [-0.2, -0.15) is 0 Å². The van der Waals surface area contributed by atoms with E-state index in [0.29, 0.717) is 36.6 Å². The number of hydrogen-bond acceptors (Lipinski definition) is 4. The molecule has 1 saturated heterocycles. The Kier molecular flexibility index (Phi) is 5.97. The number of amides is 1. The second kappa shape index (κ2) is 8.98. The highest BCUT2D eigenvalue weighted by Gasteiger charge is 2.26. The van der Waals surface area contributed by atoms with Crippen LogP contribution in [0.25, 0.3) is 11.3 Å². The number of aromatic nitrogens is 3. The van der Waals surface area contributed by atoms with Crippen LogP contribution >= 0.6 is 0 Å². The number of likely N-dealkylation sites (tertiary alicyclic amines) is 1. The Morgan fingerprint density at radius 1 is 1.20 bits per heavy atom. The molecule has 0 bridgehead atoms. The van der Waals surface area contributed by atoms with E-state index in [2.05, 4.69) is 15.0 Å². The van der Waals surface area contributed by atoms with Crippen molar-refractivity contribution in [1.29, 1.82) is 0 Å². The van der Waals surface area contributed by atoms with Crippen LogP contribution in [-0.4, -0.2) is 38.8 Å². The van der Waals surface area contributed by atoms with E-state index in [-0.39, 0.29) is 29.6 Å². The normalized spacial score (nSPS) is 16.4. The molecule has 6 nitrogen and oxygen atoms in total. The molecule has 30 heavy (non-hydrogen) atoms. The Morgan fingerprint density at radius 3 is 2.80 bits per heavy atom. The molecule has 0 aliphatic carbocycles. The fourth-order valence-electron chi connectivity index (χ4n) is 3.87. The fourth-order valence-corrected chi connectivity index (χ4v) is 3.87. The molecule has 1 aliphatic heterocycles. The molecule has 0 unspecified atom stereocenters. The van der Waals surface area contributed by atoms with Gasteiger partial charge in [-0.15, -0.1) is 0 Å². The molecule has 1 aliphatic rings. The Bertz CT molecular complexity index is 1080. The van der Waals surface area contributed by atoms with E-state index in [1.165, 1.54) is 12.1 Å². The van der Waals surface area contributed by atoms with Gasteiger partial charge in [0.1, 0.15) is 11.6 Å². The number of carbonyl (C=O) groups is 1. The molecule has 1 N–H and O–H groups in total. The van der Waals surface area contributed by atoms with Gasteiger partial charge < -0.3 is 9.88 Å². The number of H-pyrrole nitrogens is 1. The minimum Gasteiger partial charge on any atom is -0.342 e. The Hall–Kier alpha value is -3.35. The standard InChI is InChI=1S/C23H23FN4O2/c24-19-6-2-1-4-16(19)7-8-22(30)28-13-3-5-18(15-28)23-26-20(14-21(29)27-23)17-9-11-25-12-10-17/h1-2,4,6,9-12,14,18H,3,5,7-8,13,15H2,(H,26,27,29)/t18-/m1/s1. The highest BCUT2D eigenvalue weighted by Crippen LogP contribution is 2.26. The number of carbonyl (C=O) groups excluding carboxylic acids is 1. The lowest BCUT2D eigenvalue weighted by Crippen LogP contribution is -2.40. The zero-order valence-corrected chi connectivity index (χ0v) is 16.6. The third-order valence-electron chi connectivity index (χ3n) is 5.46. The van der Waals surface area contributed by atoms with Crippen molar-refractivity contribution in [3.8, 4) is 11.3 Å². The minimum atomic E-state index is -0.281. The second-order valence-electron chi connectivity index (χ2n) is 7.52. The summed E-state index contributed by atoms with van der Waals surface area (Å²) in [5.74, 6) is 0.277. The first-order valence-corrected chi connectivity index (χ1v) is 10.1. The third-order valence-corrected chi connectivity index (χ3v) is 5.46. The predicted molar refractivity (Wildman–Crippen MR) is 111 cm³/mol. The molecule has 2 aromatic heterocycles. The monoisotopic (exact) mass is 406 g/mol. The van der Waals surface area contributed by atoms with Crippen molar-refractivity contribution < 1.29 is 9.18 Å². The molecule has 0 radical (unpaired) electrons. The molecule has 1 aromatic carbocycles. The third kappa shape index (κ3) is 4.62. The summed E-state index contributed by atoms with van der Waals surface area (Å²) in [6.45, 7) is 1.17. The Labute approximate surface area is 173 Å². The summed E-state index contributed by atoms with van der Waals surface area (Å²) in [4.78, 5) is 38.2. The van der Waals surface area contributed by atoms with Crippen molar-refractivity contribution in [2.24, 2.45) is 0 Å². The van der Waals surface area contributed by atoms with Crippen LogP contribution in [0.2, 0.25) is 0 Å². The molecule has 154 valence electrons. The summed E-state index contributed by atoms with van der Waals surface area (Å²) in [6, 6.07) is 11.6. The van der Waals surface area contributed by atoms with E-state index in [1.807, 2.05) is 12.1 Å². The predicted octanol–water partition coefficient (Wildman–Crippen LogP) is 3.31. The van der Waals surface area contributed by atoms with Crippen LogP contribution in [0.15, 0.2) is 59.7 Å². The van der Waals surface area contributed by atoms with E-state index in [9.17, 15) is 14.0 Å². The maximum atomic E-state index is 13.8. The largest absolute Gasteiger partial charge is 0.342 e. The molecule has 0 spiro atoms. The van der Waals surface area contributed by atoms with Gasteiger partial charge in [-0.3, -0.25) is 14.6 Å². The molecular weight excluding hydrogens is 383 g/mol. The molecule has 3 aromatic rings. The Balaban J connectivity index is 1.46. The van der Waals surface area contributed by atoms with Crippen molar-refractivity contribution in [2.45, 2.75) is 31.6 Å². The van der Waals surface area contributed by atoms with Gasteiger partial charge in [0.15, 0.2) is 0 Å². The number of piperidine rings is 1. The van der Waals surface area contributed by atoms with Crippen molar-refractivity contribution in [1.82, 2.24) is 19.9 Å². The number of halogens is 1. The first kappa shape index (κ1) is 19.9. The number of nitrogens with zero attached hydrogens (tertiary/aromatic N) is 3. The zero-order chi connectivity index (χ0) is 20.9. The quantitative estimate of drug-likeness (QED) is 0.705. The van der Waals surface area contributed by atoms with Gasteiger partial charge in [-0.05, 0) is 43.0 Å². The van der Waals surface area contributed by atoms with Crippen LogP contribution in [0.1, 0.15) is 36.6 Å². The minimum absolute atomic E-state index is 0.00408. The van der Waals surface area contributed by atoms with Crippen LogP contribution in [0.4, 0.5) is 4.39 Å². The topological polar surface area (TPSA) is 79.0 Å². The van der Waals surface area contributed by atoms with E-state index in [4.69, 9.17) is 0 Å². The summed E-state index contributed by atoms with van der Waals surface area (Å²) >= 11 is 0. The second-order valence-corrected chi connectivity index (χ2v) is 7.52. The lowest BCUT2D eigenvalue weighted by molar-refractivity contribution is -0.132. The smallest absolute Gasteiger partial charge is 0.251 e. The SMILES string of the molecule is O=C(CCc1ccccc1F)N1CCC[C@@H](c2nc(-c3ccncc3)cc(=O)[nH]2)C1. The van der Waals surface area contributed by atoms with E-state index in [1.54, 1.807) is 35.5 Å². The number of pyridine rings is 1. The highest BCUT2D eigenvalue weighted by molar-refractivity contribution is 5.76. The molecule has 4 rings (SSSR count). The Morgan fingerprint density at radius 2 is 2.00 bits per heavy atom. The molecule has 1 fully saturated rings. The summed E-state index contributed by atoms with van der Waals surface area (Å²) in [5.41, 5.74) is 1.76. The summed E-state index contributed by atoms with van der Waals surface area (Å²) in [6.07, 6.45) is 5.63. The average Bonchev–Trinajstić information content (AvgIpc) is 2.78. The molecule has 0 saturated carbocycles. The number of rotatable bonds is 5. The summed E-state index contributed by atoms with van der Waals surface area (Å²) in [5, 5.41) is 0. The van der Waals surface area contributed by atoms with Crippen molar-refractivity contribution in [2.75, 3.05) is 13.1 Å². The fraction of sp³-hybridized carbons (Fsp3) is 0.304. The zero-order valence-electron chi connectivity index (χ0n) is 16.6. The summed E-state index contributed by atoms with van der Waals surface area (Å²) < 4.78 is 13.8. The van der Waals surface area contributed by atoms with Gasteiger partial charge in [-0.25, -0.2) is 9.37 Å². The maximum Gasteiger partial charge on any atom is 0.251 e. The van der Waals surface area contributed by atoms with E-state index < -0.39 is 0 Å². The number of nitrogens with one attached hydrogen (secondary N) is 1. The van der Waals surface area contributed by atoms with Crippen LogP contribution in [0.5, 0.6) is 0 Å². The van der Waals surface area contributed by atoms with Gasteiger partial charge >= 0.3 is 0 Å². The van der Waals surface area contributed by atoms with E-state index in [0.717, 1.165) is 18.4 Å². The van der Waals surface area contributed by atoms with Crippen LogP contribution < -0.4 is 5.56 Å². The molecule has 1 atom stereocenters. The first-order valence-electron chi connectivity index (χ1n) is 10.1. The number of aryl methyl sites for hydroxylation is 1. The van der Waals surface area contributed by atoms with Gasteiger partial charge in [0.25, 0.3) is 5.56 Å². The van der Waals surface area contributed by atoms with Crippen LogP contribution in [0, 0.1) is 5.82 Å². The van der Waals surface area contributed by atoms with Gasteiger partial charge in [0.05, 0.1) is 5.69 Å². The first-order chi connectivity index (χ1) is 14.6. The average molecular weight is 406 g/mol. The molecule has 3 heterocycles. The van der Waals surface area contributed by atoms with Gasteiger partial charge in [-0.1, -0.05) is 18.2 Å². The van der Waals surface area contributed by atoms with Crippen molar-refractivity contribution in [3.63, 3.8) is 0 Å². The highest BCUT2D eigenvalue weighted by atomic mass is 19.1. The van der Waals surface area contributed by atoms with Gasteiger partial charge in [0.2, 0.25) is 5.91 Å². The molecule has 7 heteroatoms. The lowest BCUT2D eigenvalue weighted by atomic mass is 9.96. The number of hydrogen-bond donors (Lipinski definition) is 1. The van der Waals surface area contributed by atoms with Crippen molar-refractivity contribution in [3.05, 3.63) is 82.4 Å². The number of aromatic amines is 1. The maximum absolute atomic E-state index is 13.8. The molecular formula is C23H23FN4O2. The summed E-state index contributed by atoms with van der Waals surface area (Å²) in [7, 11) is 0.